The molecule has 360 valence electrons. The molecule has 10 aromatic carbocycles. The molecule has 0 spiro atoms. The van der Waals surface area contributed by atoms with Gasteiger partial charge in [-0.25, -0.2) is 19.6 Å². The van der Waals surface area contributed by atoms with Crippen LogP contribution in [0.3, 0.4) is 0 Å². The summed E-state index contributed by atoms with van der Waals surface area (Å²) in [5.74, 6) is -3.15. The predicted octanol–water partition coefficient (Wildman–Crippen LogP) is 14.3. The SMILES string of the molecule is O=C1C(=Cc2nc3c(C(=O)OCc4ccccc4)cc4c(cc(C(=O)OCc5ccccc5)c5nc(C=C6C(=O)c7cc8cc9ccccc9cc8cc7C6=O)sc54)c3s2)C(=O)c2cc3cc4ccccc4cc3cc21. The quantitative estimate of drug-likeness (QED) is 0.0623. The Morgan fingerprint density at radius 1 is 0.395 bits per heavy atom. The van der Waals surface area contributed by atoms with Crippen LogP contribution in [0.1, 0.15) is 83.3 Å². The number of hydrogen-bond donors (Lipinski definition) is 0. The molecular formula is C64H34N2O8S2. The lowest BCUT2D eigenvalue weighted by Crippen LogP contribution is -2.08. The van der Waals surface area contributed by atoms with Crippen LogP contribution in [0.25, 0.3) is 86.4 Å². The molecule has 0 radical (unpaired) electrons. The average Bonchev–Trinajstić information content (AvgIpc) is 4.20. The Labute approximate surface area is 438 Å². The number of esters is 2. The third kappa shape index (κ3) is 7.44. The monoisotopic (exact) mass is 1020 g/mol. The van der Waals surface area contributed by atoms with Gasteiger partial charge in [0.1, 0.15) is 23.2 Å². The molecule has 12 heteroatoms. The van der Waals surface area contributed by atoms with Crippen molar-refractivity contribution in [3.8, 4) is 0 Å². The van der Waals surface area contributed by atoms with Crippen LogP contribution in [0.4, 0.5) is 0 Å². The summed E-state index contributed by atoms with van der Waals surface area (Å²) in [7, 11) is 0. The second-order valence-corrected chi connectivity index (χ2v) is 20.9. The van der Waals surface area contributed by atoms with Crippen molar-refractivity contribution in [2.45, 2.75) is 13.2 Å². The summed E-state index contributed by atoms with van der Waals surface area (Å²) in [5, 5.41) is 8.86. The highest BCUT2D eigenvalue weighted by Crippen LogP contribution is 2.43. The number of thiazole rings is 2. The van der Waals surface area contributed by atoms with Crippen molar-refractivity contribution in [3.63, 3.8) is 0 Å². The van der Waals surface area contributed by atoms with Gasteiger partial charge < -0.3 is 9.47 Å². The van der Waals surface area contributed by atoms with E-state index >= 15 is 0 Å². The fraction of sp³-hybridized carbons (Fsp3) is 0.0312. The van der Waals surface area contributed by atoms with Gasteiger partial charge in [0.15, 0.2) is 23.1 Å². The Morgan fingerprint density at radius 2 is 0.711 bits per heavy atom. The Kier molecular flexibility index (Phi) is 10.4. The van der Waals surface area contributed by atoms with Crippen molar-refractivity contribution in [2.24, 2.45) is 0 Å². The first-order valence-corrected chi connectivity index (χ1v) is 25.9. The fourth-order valence-corrected chi connectivity index (χ4v) is 12.5. The van der Waals surface area contributed by atoms with E-state index in [-0.39, 0.29) is 56.5 Å². The zero-order valence-corrected chi connectivity index (χ0v) is 41.3. The summed E-state index contributed by atoms with van der Waals surface area (Å²) < 4.78 is 12.8. The summed E-state index contributed by atoms with van der Waals surface area (Å²) in [5.41, 5.74) is 3.19. The molecule has 0 amide bonds. The van der Waals surface area contributed by atoms with E-state index in [2.05, 4.69) is 0 Å². The first-order chi connectivity index (χ1) is 37.1. The Balaban J connectivity index is 0.925. The first kappa shape index (κ1) is 45.0. The molecule has 0 saturated heterocycles. The third-order valence-electron chi connectivity index (χ3n) is 14.2. The summed E-state index contributed by atoms with van der Waals surface area (Å²) in [4.78, 5) is 95.6. The Bertz CT molecular complexity index is 4250. The largest absolute Gasteiger partial charge is 0.457 e. The molecule has 2 heterocycles. The molecule has 2 aromatic heterocycles. The number of hydrogen-bond acceptors (Lipinski definition) is 12. The average molecular weight is 1020 g/mol. The van der Waals surface area contributed by atoms with E-state index in [0.29, 0.717) is 42.4 Å². The second kappa shape index (κ2) is 17.5. The molecule has 0 aliphatic heterocycles. The number of ketones is 4. The van der Waals surface area contributed by atoms with Gasteiger partial charge >= 0.3 is 11.9 Å². The van der Waals surface area contributed by atoms with E-state index in [1.807, 2.05) is 133 Å². The number of rotatable bonds is 8. The molecule has 0 bridgehead atoms. The Morgan fingerprint density at radius 3 is 1.04 bits per heavy atom. The van der Waals surface area contributed by atoms with Crippen LogP contribution in [0, 0.1) is 0 Å². The summed E-state index contributed by atoms with van der Waals surface area (Å²) in [6.45, 7) is -0.0799. The smallest absolute Gasteiger partial charge is 0.340 e. The van der Waals surface area contributed by atoms with Gasteiger partial charge in [0.25, 0.3) is 0 Å². The number of Topliss-reactive ketones (excluding diaryl/α,β-unsaturated/α-hetero) is 4. The number of allylic oxidation sites excluding steroid dienone is 2. The van der Waals surface area contributed by atoms with Crippen molar-refractivity contribution in [2.75, 3.05) is 0 Å². The van der Waals surface area contributed by atoms with Crippen molar-refractivity contribution in [1.82, 2.24) is 9.97 Å². The highest BCUT2D eigenvalue weighted by molar-refractivity contribution is 7.21. The number of carbonyl (C=O) groups excluding carboxylic acids is 6. The number of benzene rings is 10. The van der Waals surface area contributed by atoms with Gasteiger partial charge in [0, 0.05) is 33.0 Å². The van der Waals surface area contributed by atoms with Gasteiger partial charge in [0.05, 0.1) is 42.7 Å². The van der Waals surface area contributed by atoms with Crippen molar-refractivity contribution < 1.29 is 38.2 Å². The maximum atomic E-state index is 14.4. The van der Waals surface area contributed by atoms with E-state index in [0.717, 1.165) is 76.9 Å². The summed E-state index contributed by atoms with van der Waals surface area (Å²) in [6.07, 6.45) is 2.93. The van der Waals surface area contributed by atoms with E-state index in [1.165, 1.54) is 12.2 Å². The minimum atomic E-state index is -0.689. The molecule has 0 N–H and O–H groups in total. The number of nitrogens with zero attached hydrogens (tertiary/aromatic N) is 2. The minimum Gasteiger partial charge on any atom is -0.457 e. The third-order valence-corrected chi connectivity index (χ3v) is 16.3. The van der Waals surface area contributed by atoms with Crippen LogP contribution < -0.4 is 0 Å². The van der Waals surface area contributed by atoms with Crippen LogP contribution in [-0.2, 0) is 22.7 Å². The topological polar surface area (TPSA) is 147 Å². The van der Waals surface area contributed by atoms with Crippen molar-refractivity contribution >= 4 is 144 Å². The molecule has 12 aromatic rings. The molecular weight excluding hydrogens is 989 g/mol. The fourth-order valence-electron chi connectivity index (χ4n) is 10.4. The van der Waals surface area contributed by atoms with Gasteiger partial charge in [-0.3, -0.25) is 19.2 Å². The molecule has 0 unspecified atom stereocenters. The molecule has 14 rings (SSSR count). The highest BCUT2D eigenvalue weighted by atomic mass is 32.1. The summed E-state index contributed by atoms with van der Waals surface area (Å²) >= 11 is 2.29. The molecule has 2 aliphatic rings. The lowest BCUT2D eigenvalue weighted by Gasteiger charge is -2.10. The lowest BCUT2D eigenvalue weighted by molar-refractivity contribution is 0.0466. The molecule has 0 atom stereocenters. The number of fused-ring (bicyclic) bond motifs is 11. The van der Waals surface area contributed by atoms with Gasteiger partial charge in [-0.15, -0.1) is 22.7 Å². The molecule has 0 saturated carbocycles. The Hall–Kier alpha value is -9.62. The number of ether oxygens (including phenoxy) is 2. The summed E-state index contributed by atoms with van der Waals surface area (Å²) in [6, 6.07) is 52.6. The van der Waals surface area contributed by atoms with Crippen LogP contribution in [-0.4, -0.2) is 45.0 Å². The second-order valence-electron chi connectivity index (χ2n) is 18.8. The van der Waals surface area contributed by atoms with E-state index in [9.17, 15) is 28.8 Å². The zero-order chi connectivity index (χ0) is 51.3. The number of carbonyl (C=O) groups is 6. The molecule has 0 fully saturated rings. The standard InChI is InChI=1S/C64H34N2O8S2/c67-57-43-23-39-19-35-15-7-8-16-36(35)20-40(39)24-44(43)58(68)51(57)29-53-65-55-49(63(71)73-31-33-11-3-1-4-12-33)27-47-48(61(55)75-53)28-50(64(72)74-32-34-13-5-2-6-14-34)56-62(47)76-54(66-56)30-52-59(69)45-25-41-21-37-17-9-10-18-38(37)22-42(41)26-46(45)60(52)70/h1-30H,31-32H2. The van der Waals surface area contributed by atoms with E-state index in [1.54, 1.807) is 36.4 Å². The van der Waals surface area contributed by atoms with Crippen molar-refractivity contribution in [1.29, 1.82) is 0 Å². The van der Waals surface area contributed by atoms with Crippen LogP contribution in [0.2, 0.25) is 0 Å². The first-order valence-electron chi connectivity index (χ1n) is 24.3. The zero-order valence-electron chi connectivity index (χ0n) is 39.7. The highest BCUT2D eigenvalue weighted by Gasteiger charge is 2.36. The minimum absolute atomic E-state index is 0.0399. The van der Waals surface area contributed by atoms with E-state index in [4.69, 9.17) is 19.4 Å². The van der Waals surface area contributed by atoms with Crippen LogP contribution in [0.15, 0.2) is 181 Å². The number of aromatic nitrogens is 2. The molecule has 2 aliphatic carbocycles. The normalized spacial score (nSPS) is 13.3. The van der Waals surface area contributed by atoms with E-state index < -0.39 is 35.1 Å². The van der Waals surface area contributed by atoms with Crippen molar-refractivity contribution in [3.05, 3.63) is 236 Å². The maximum absolute atomic E-state index is 14.4. The lowest BCUT2D eigenvalue weighted by atomic mass is 9.99. The predicted molar refractivity (Wildman–Crippen MR) is 298 cm³/mol. The molecule has 76 heavy (non-hydrogen) atoms. The van der Waals surface area contributed by atoms with Crippen LogP contribution in [0.5, 0.6) is 0 Å². The van der Waals surface area contributed by atoms with Gasteiger partial charge in [-0.1, -0.05) is 109 Å². The van der Waals surface area contributed by atoms with Gasteiger partial charge in [-0.2, -0.15) is 0 Å². The maximum Gasteiger partial charge on any atom is 0.340 e. The van der Waals surface area contributed by atoms with Gasteiger partial charge in [-0.05, 0) is 127 Å². The molecule has 10 nitrogen and oxygen atoms in total. The van der Waals surface area contributed by atoms with Gasteiger partial charge in [0.2, 0.25) is 0 Å². The van der Waals surface area contributed by atoms with Crippen LogP contribution >= 0.6 is 22.7 Å².